The standard InChI is InChI=1S/C24H42N2O3P/c1-21(2)12-16(13-22(3,4)25-21)18-10-9-11-19(30(27,28)29)20(18)17-14-23(5,6)26-24(7,8)15-17/h9-11,16-17,25-29H,12-15H2,1-8H3/q+1. The van der Waals surface area contributed by atoms with Gasteiger partial charge >= 0.3 is 7.94 Å². The summed E-state index contributed by atoms with van der Waals surface area (Å²) in [5, 5.41) is 7.82. The SMILES string of the molecule is CC1(C)CC(c2cccc([P+](O)(O)O)c2C2CC(C)(C)NC(C)(C)C2)CC(C)(C)N1. The van der Waals surface area contributed by atoms with Gasteiger partial charge in [-0.1, -0.05) is 12.1 Å². The lowest BCUT2D eigenvalue weighted by Gasteiger charge is -2.49. The molecule has 5 N–H and O–H groups in total. The Labute approximate surface area is 183 Å². The topological polar surface area (TPSA) is 84.8 Å². The van der Waals surface area contributed by atoms with Crippen molar-refractivity contribution in [2.24, 2.45) is 0 Å². The average molecular weight is 438 g/mol. The molecule has 0 bridgehead atoms. The number of piperidine rings is 2. The second kappa shape index (κ2) is 7.50. The lowest BCUT2D eigenvalue weighted by Crippen LogP contribution is -2.58. The molecule has 2 saturated heterocycles. The predicted octanol–water partition coefficient (Wildman–Crippen LogP) is 4.10. The maximum Gasteiger partial charge on any atom is 0.441 e. The van der Waals surface area contributed by atoms with Crippen LogP contribution in [0, 0.1) is 0 Å². The van der Waals surface area contributed by atoms with Crippen LogP contribution in [0.15, 0.2) is 18.2 Å². The summed E-state index contributed by atoms with van der Waals surface area (Å²) in [6, 6.07) is 5.75. The molecule has 1 aromatic carbocycles. The molecule has 1 aromatic rings. The van der Waals surface area contributed by atoms with E-state index in [4.69, 9.17) is 0 Å². The van der Waals surface area contributed by atoms with Gasteiger partial charge < -0.3 is 10.6 Å². The predicted molar refractivity (Wildman–Crippen MR) is 126 cm³/mol. The van der Waals surface area contributed by atoms with Crippen LogP contribution >= 0.6 is 7.94 Å². The molecule has 2 fully saturated rings. The van der Waals surface area contributed by atoms with Gasteiger partial charge in [-0.15, -0.1) is 0 Å². The summed E-state index contributed by atoms with van der Waals surface area (Å²) in [6.45, 7) is 17.8. The Hall–Kier alpha value is -0.550. The Morgan fingerprint density at radius 1 is 0.700 bits per heavy atom. The van der Waals surface area contributed by atoms with Gasteiger partial charge in [0.15, 0.2) is 5.30 Å². The van der Waals surface area contributed by atoms with E-state index in [0.29, 0.717) is 11.2 Å². The molecule has 0 unspecified atom stereocenters. The monoisotopic (exact) mass is 437 g/mol. The first-order valence-corrected chi connectivity index (χ1v) is 12.8. The summed E-state index contributed by atoms with van der Waals surface area (Å²) < 4.78 is 0. The van der Waals surface area contributed by atoms with E-state index in [1.807, 2.05) is 6.07 Å². The third kappa shape index (κ3) is 5.43. The van der Waals surface area contributed by atoms with E-state index in [1.165, 1.54) is 5.56 Å². The van der Waals surface area contributed by atoms with Crippen molar-refractivity contribution in [3.05, 3.63) is 29.3 Å². The van der Waals surface area contributed by atoms with Gasteiger partial charge in [0.2, 0.25) is 0 Å². The van der Waals surface area contributed by atoms with E-state index in [9.17, 15) is 14.7 Å². The van der Waals surface area contributed by atoms with E-state index in [-0.39, 0.29) is 28.1 Å². The normalized spacial score (nSPS) is 26.5. The molecule has 2 aliphatic heterocycles. The molecule has 0 atom stereocenters. The van der Waals surface area contributed by atoms with Gasteiger partial charge in [0.25, 0.3) is 0 Å². The summed E-state index contributed by atoms with van der Waals surface area (Å²) >= 11 is 0. The number of nitrogens with one attached hydrogen (secondary N) is 2. The molecular formula is C24H42N2O3P+. The van der Waals surface area contributed by atoms with Gasteiger partial charge in [0.1, 0.15) is 0 Å². The molecule has 2 aliphatic rings. The summed E-state index contributed by atoms with van der Waals surface area (Å²) in [7, 11) is -4.13. The molecule has 3 rings (SSSR count). The van der Waals surface area contributed by atoms with Gasteiger partial charge in [-0.2, -0.15) is 14.7 Å². The highest BCUT2D eigenvalue weighted by Crippen LogP contribution is 2.51. The second-order valence-electron chi connectivity index (χ2n) is 12.3. The molecule has 0 aromatic heterocycles. The highest BCUT2D eigenvalue weighted by Gasteiger charge is 2.47. The lowest BCUT2D eigenvalue weighted by atomic mass is 9.68. The Morgan fingerprint density at radius 3 is 1.50 bits per heavy atom. The second-order valence-corrected chi connectivity index (χ2v) is 14.0. The highest BCUT2D eigenvalue weighted by molar-refractivity contribution is 7.66. The van der Waals surface area contributed by atoms with Crippen molar-refractivity contribution in [1.29, 1.82) is 0 Å². The van der Waals surface area contributed by atoms with Crippen LogP contribution in [0.2, 0.25) is 0 Å². The van der Waals surface area contributed by atoms with Crippen LogP contribution in [0.3, 0.4) is 0 Å². The molecule has 30 heavy (non-hydrogen) atoms. The van der Waals surface area contributed by atoms with Crippen LogP contribution in [0.5, 0.6) is 0 Å². The van der Waals surface area contributed by atoms with E-state index in [0.717, 1.165) is 31.2 Å². The molecular weight excluding hydrogens is 395 g/mol. The molecule has 0 spiro atoms. The molecule has 0 amide bonds. The van der Waals surface area contributed by atoms with E-state index in [2.05, 4.69) is 72.1 Å². The molecule has 2 heterocycles. The maximum atomic E-state index is 10.4. The lowest BCUT2D eigenvalue weighted by molar-refractivity contribution is 0.153. The van der Waals surface area contributed by atoms with Crippen molar-refractivity contribution in [1.82, 2.24) is 10.6 Å². The highest BCUT2D eigenvalue weighted by atomic mass is 31.2. The fourth-order valence-electron chi connectivity index (χ4n) is 6.70. The Kier molecular flexibility index (Phi) is 6.03. The molecule has 5 nitrogen and oxygen atoms in total. The van der Waals surface area contributed by atoms with Gasteiger partial charge in [0.05, 0.1) is 0 Å². The molecule has 0 radical (unpaired) electrons. The van der Waals surface area contributed by atoms with Crippen LogP contribution in [-0.4, -0.2) is 36.8 Å². The van der Waals surface area contributed by atoms with Crippen molar-refractivity contribution in [2.45, 2.75) is 115 Å². The van der Waals surface area contributed by atoms with Gasteiger partial charge in [-0.25, -0.2) is 0 Å². The molecule has 0 saturated carbocycles. The maximum absolute atomic E-state index is 10.4. The van der Waals surface area contributed by atoms with E-state index < -0.39 is 7.94 Å². The van der Waals surface area contributed by atoms with Gasteiger partial charge in [-0.05, 0) is 105 Å². The van der Waals surface area contributed by atoms with E-state index in [1.54, 1.807) is 6.07 Å². The van der Waals surface area contributed by atoms with Crippen molar-refractivity contribution in [3.63, 3.8) is 0 Å². The molecule has 6 heteroatoms. The number of rotatable bonds is 3. The smallest absolute Gasteiger partial charge is 0.307 e. The van der Waals surface area contributed by atoms with Crippen molar-refractivity contribution in [2.75, 3.05) is 0 Å². The van der Waals surface area contributed by atoms with Crippen LogP contribution < -0.4 is 15.9 Å². The zero-order valence-corrected chi connectivity index (χ0v) is 20.9. The number of benzene rings is 1. The molecule has 170 valence electrons. The van der Waals surface area contributed by atoms with Crippen LogP contribution in [0.1, 0.15) is 104 Å². The van der Waals surface area contributed by atoms with Crippen molar-refractivity contribution in [3.8, 4) is 0 Å². The minimum Gasteiger partial charge on any atom is -0.307 e. The Morgan fingerprint density at radius 2 is 1.10 bits per heavy atom. The quantitative estimate of drug-likeness (QED) is 0.460. The van der Waals surface area contributed by atoms with Gasteiger partial charge in [-0.3, -0.25) is 0 Å². The Balaban J connectivity index is 2.16. The summed E-state index contributed by atoms with van der Waals surface area (Å²) in [4.78, 5) is 31.1. The Bertz CT molecular complexity index is 764. The fourth-order valence-corrected chi connectivity index (χ4v) is 7.62. The first-order valence-electron chi connectivity index (χ1n) is 11.2. The molecule has 0 aliphatic carbocycles. The number of hydrogen-bond donors (Lipinski definition) is 5. The first-order chi connectivity index (χ1) is 13.4. The zero-order chi connectivity index (χ0) is 22.8. The van der Waals surface area contributed by atoms with E-state index >= 15 is 0 Å². The van der Waals surface area contributed by atoms with Crippen LogP contribution in [0.4, 0.5) is 0 Å². The third-order valence-electron chi connectivity index (χ3n) is 6.67. The third-order valence-corrected chi connectivity index (χ3v) is 7.70. The summed E-state index contributed by atoms with van der Waals surface area (Å²) in [6.07, 6.45) is 3.72. The first kappa shape index (κ1) is 24.1. The van der Waals surface area contributed by atoms with Crippen LogP contribution in [-0.2, 0) is 0 Å². The van der Waals surface area contributed by atoms with Gasteiger partial charge in [0, 0.05) is 27.7 Å². The fraction of sp³-hybridized carbons (Fsp3) is 0.750. The zero-order valence-electron chi connectivity index (χ0n) is 20.0. The largest absolute Gasteiger partial charge is 0.441 e. The summed E-state index contributed by atoms with van der Waals surface area (Å²) in [5.41, 5.74) is 1.96. The number of hydrogen-bond acceptors (Lipinski definition) is 5. The minimum absolute atomic E-state index is 0.0176. The van der Waals surface area contributed by atoms with Crippen molar-refractivity contribution >= 4 is 13.2 Å². The average Bonchev–Trinajstić information content (AvgIpc) is 2.47. The van der Waals surface area contributed by atoms with Crippen LogP contribution in [0.25, 0.3) is 0 Å². The minimum atomic E-state index is -4.13. The van der Waals surface area contributed by atoms with Crippen molar-refractivity contribution < 1.29 is 14.7 Å². The summed E-state index contributed by atoms with van der Waals surface area (Å²) in [5.74, 6) is 0.438.